The van der Waals surface area contributed by atoms with Crippen LogP contribution in [-0.2, 0) is 20.0 Å². The molecule has 9 heteroatoms. The number of nitriles is 1. The van der Waals surface area contributed by atoms with Gasteiger partial charge in [0, 0.05) is 60.4 Å². The summed E-state index contributed by atoms with van der Waals surface area (Å²) in [6.07, 6.45) is 1.48. The maximum atomic E-state index is 13.7. The normalized spacial score (nSPS) is 20.6. The van der Waals surface area contributed by atoms with Crippen LogP contribution in [0.15, 0.2) is 36.4 Å². The number of ketones is 1. The fraction of sp³-hybridized carbons (Fsp3) is 0.407. The van der Waals surface area contributed by atoms with Crippen molar-refractivity contribution >= 4 is 26.5 Å². The van der Waals surface area contributed by atoms with Crippen molar-refractivity contribution in [3.05, 3.63) is 64.3 Å². The van der Waals surface area contributed by atoms with Crippen LogP contribution in [-0.4, -0.2) is 75.0 Å². The summed E-state index contributed by atoms with van der Waals surface area (Å²) < 4.78 is 35.1. The van der Waals surface area contributed by atoms with E-state index in [0.29, 0.717) is 61.9 Å². The lowest BCUT2D eigenvalue weighted by Gasteiger charge is -2.41. The van der Waals surface area contributed by atoms with Crippen molar-refractivity contribution in [2.45, 2.75) is 18.3 Å². The van der Waals surface area contributed by atoms with E-state index < -0.39 is 15.3 Å². The molecule has 0 radical (unpaired) electrons. The maximum absolute atomic E-state index is 13.7. The van der Waals surface area contributed by atoms with Crippen LogP contribution in [0.4, 0.5) is 0 Å². The summed E-state index contributed by atoms with van der Waals surface area (Å²) in [6, 6.07) is 13.3. The van der Waals surface area contributed by atoms with E-state index in [0.717, 1.165) is 35.0 Å². The fourth-order valence-electron chi connectivity index (χ4n) is 5.84. The summed E-state index contributed by atoms with van der Waals surface area (Å²) in [5, 5.41) is 10.2. The summed E-state index contributed by atoms with van der Waals surface area (Å²) in [4.78, 5) is 19.4. The van der Waals surface area contributed by atoms with Gasteiger partial charge in [-0.05, 0) is 48.7 Å². The highest BCUT2D eigenvalue weighted by atomic mass is 32.2. The molecule has 0 saturated carbocycles. The standard InChI is InChI=1S/C27H27N3O5S/c28-17-18-1-3-21-23(15-18)29-26-24(21)25(31)20-4-2-19(16-22(20)27(26)5-10-34-11-6-27)35-12-7-30-8-13-36(32,33)14-9-30/h1-4,15-16,29H,5-14H2. The molecule has 0 bridgehead atoms. The molecule has 6 rings (SSSR count). The highest BCUT2D eigenvalue weighted by Gasteiger charge is 2.47. The van der Waals surface area contributed by atoms with E-state index in [4.69, 9.17) is 9.47 Å². The van der Waals surface area contributed by atoms with E-state index in [1.807, 2.05) is 24.3 Å². The van der Waals surface area contributed by atoms with Crippen LogP contribution in [0.1, 0.15) is 45.6 Å². The van der Waals surface area contributed by atoms with Crippen molar-refractivity contribution in [3.8, 4) is 11.8 Å². The lowest BCUT2D eigenvalue weighted by atomic mass is 9.64. The number of nitrogens with zero attached hydrogens (tertiary/aromatic N) is 2. The van der Waals surface area contributed by atoms with Gasteiger partial charge >= 0.3 is 0 Å². The molecule has 1 N–H and O–H groups in total. The molecule has 2 saturated heterocycles. The van der Waals surface area contributed by atoms with Crippen LogP contribution in [0, 0.1) is 11.3 Å². The number of hydrogen-bond donors (Lipinski definition) is 1. The second-order valence-corrected chi connectivity index (χ2v) is 12.1. The Hall–Kier alpha value is -3.19. The SMILES string of the molecule is N#Cc1ccc2c3c([nH]c2c1)C1(CCOCC1)c1cc(OCCN2CCS(=O)(=O)CC2)ccc1C3=O. The number of nitrogens with one attached hydrogen (secondary N) is 1. The molecule has 1 spiro atoms. The Kier molecular flexibility index (Phi) is 5.63. The summed E-state index contributed by atoms with van der Waals surface area (Å²) >= 11 is 0. The van der Waals surface area contributed by atoms with E-state index in [9.17, 15) is 18.5 Å². The molecule has 36 heavy (non-hydrogen) atoms. The molecule has 8 nitrogen and oxygen atoms in total. The van der Waals surface area contributed by atoms with Gasteiger partial charge in [0.05, 0.1) is 28.7 Å². The number of benzene rings is 2. The smallest absolute Gasteiger partial charge is 0.195 e. The van der Waals surface area contributed by atoms with Gasteiger partial charge in [-0.3, -0.25) is 9.69 Å². The number of H-pyrrole nitrogens is 1. The Morgan fingerprint density at radius 1 is 1.11 bits per heavy atom. The highest BCUT2D eigenvalue weighted by molar-refractivity contribution is 7.91. The zero-order valence-corrected chi connectivity index (χ0v) is 20.7. The predicted molar refractivity (Wildman–Crippen MR) is 134 cm³/mol. The van der Waals surface area contributed by atoms with E-state index >= 15 is 0 Å². The third kappa shape index (κ3) is 3.81. The average molecular weight is 506 g/mol. The van der Waals surface area contributed by atoms with Gasteiger partial charge in [-0.2, -0.15) is 5.26 Å². The van der Waals surface area contributed by atoms with Crippen LogP contribution < -0.4 is 4.74 Å². The third-order valence-corrected chi connectivity index (χ3v) is 9.45. The first kappa shape index (κ1) is 23.2. The number of rotatable bonds is 4. The van der Waals surface area contributed by atoms with Gasteiger partial charge in [0.25, 0.3) is 0 Å². The second kappa shape index (κ2) is 8.73. The first-order valence-electron chi connectivity index (χ1n) is 12.3. The summed E-state index contributed by atoms with van der Waals surface area (Å²) in [5.74, 6) is 1.07. The summed E-state index contributed by atoms with van der Waals surface area (Å²) in [6.45, 7) is 3.34. The Bertz CT molecular complexity index is 1500. The van der Waals surface area contributed by atoms with Crippen LogP contribution in [0.25, 0.3) is 10.9 Å². The first-order valence-corrected chi connectivity index (χ1v) is 14.1. The molecule has 3 aromatic rings. The average Bonchev–Trinajstić information content (AvgIpc) is 3.29. The molecule has 0 unspecified atom stereocenters. The zero-order chi connectivity index (χ0) is 24.9. The van der Waals surface area contributed by atoms with Gasteiger partial charge in [-0.1, -0.05) is 6.07 Å². The number of hydrogen-bond acceptors (Lipinski definition) is 7. The number of carbonyl (C=O) groups is 1. The minimum Gasteiger partial charge on any atom is -0.492 e. The molecule has 3 heterocycles. The molecular weight excluding hydrogens is 478 g/mol. The van der Waals surface area contributed by atoms with Crippen LogP contribution in [0.2, 0.25) is 0 Å². The van der Waals surface area contributed by atoms with Crippen LogP contribution in [0.3, 0.4) is 0 Å². The lowest BCUT2D eigenvalue weighted by Crippen LogP contribution is -2.42. The molecule has 2 fully saturated rings. The number of carbonyl (C=O) groups excluding carboxylic acids is 1. The Balaban J connectivity index is 1.33. The van der Waals surface area contributed by atoms with Gasteiger partial charge in [0.15, 0.2) is 15.6 Å². The van der Waals surface area contributed by atoms with E-state index in [1.54, 1.807) is 12.1 Å². The van der Waals surface area contributed by atoms with Crippen LogP contribution in [0.5, 0.6) is 5.75 Å². The van der Waals surface area contributed by atoms with E-state index in [2.05, 4.69) is 16.0 Å². The van der Waals surface area contributed by atoms with Gasteiger partial charge < -0.3 is 14.5 Å². The van der Waals surface area contributed by atoms with Crippen LogP contribution >= 0.6 is 0 Å². The topological polar surface area (TPSA) is 112 Å². The first-order chi connectivity index (χ1) is 17.4. The van der Waals surface area contributed by atoms with Crippen molar-refractivity contribution in [2.75, 3.05) is 51.0 Å². The third-order valence-electron chi connectivity index (χ3n) is 7.84. The Morgan fingerprint density at radius 2 is 1.89 bits per heavy atom. The van der Waals surface area contributed by atoms with E-state index in [1.165, 1.54) is 0 Å². The Morgan fingerprint density at radius 3 is 2.64 bits per heavy atom. The van der Waals surface area contributed by atoms with Gasteiger partial charge in [0.2, 0.25) is 0 Å². The molecule has 2 aromatic carbocycles. The number of aromatic amines is 1. The molecule has 1 aromatic heterocycles. The number of fused-ring (bicyclic) bond motifs is 6. The zero-order valence-electron chi connectivity index (χ0n) is 19.9. The summed E-state index contributed by atoms with van der Waals surface area (Å²) in [7, 11) is -2.91. The van der Waals surface area contributed by atoms with Gasteiger partial charge in [0.1, 0.15) is 12.4 Å². The lowest BCUT2D eigenvalue weighted by molar-refractivity contribution is 0.0601. The molecule has 0 amide bonds. The van der Waals surface area contributed by atoms with Crippen molar-refractivity contribution < 1.29 is 22.7 Å². The molecule has 2 aliphatic heterocycles. The number of aromatic nitrogens is 1. The van der Waals surface area contributed by atoms with Crippen molar-refractivity contribution in [2.24, 2.45) is 0 Å². The monoisotopic (exact) mass is 505 g/mol. The van der Waals surface area contributed by atoms with Crippen molar-refractivity contribution in [3.63, 3.8) is 0 Å². The predicted octanol–water partition coefficient (Wildman–Crippen LogP) is 2.79. The molecule has 0 atom stereocenters. The summed E-state index contributed by atoms with van der Waals surface area (Å²) in [5.41, 5.74) is 4.18. The molecule has 186 valence electrons. The Labute approximate surface area is 209 Å². The fourth-order valence-corrected chi connectivity index (χ4v) is 7.12. The molecule has 1 aliphatic carbocycles. The highest BCUT2D eigenvalue weighted by Crippen LogP contribution is 2.50. The number of sulfone groups is 1. The minimum atomic E-state index is -2.91. The quantitative estimate of drug-likeness (QED) is 0.580. The van der Waals surface area contributed by atoms with Gasteiger partial charge in [-0.25, -0.2) is 8.42 Å². The second-order valence-electron chi connectivity index (χ2n) is 9.82. The van der Waals surface area contributed by atoms with Crippen molar-refractivity contribution in [1.29, 1.82) is 5.26 Å². The largest absolute Gasteiger partial charge is 0.492 e. The van der Waals surface area contributed by atoms with E-state index in [-0.39, 0.29) is 17.3 Å². The van der Waals surface area contributed by atoms with Gasteiger partial charge in [-0.15, -0.1) is 0 Å². The van der Waals surface area contributed by atoms with Crippen molar-refractivity contribution in [1.82, 2.24) is 9.88 Å². The molecule has 3 aliphatic rings. The maximum Gasteiger partial charge on any atom is 0.195 e. The minimum absolute atomic E-state index is 0.0193. The molecular formula is C27H27N3O5S. The number of ether oxygens (including phenoxy) is 2.